The molecule has 0 unspecified atom stereocenters. The lowest BCUT2D eigenvalue weighted by Crippen LogP contribution is -2.27. The number of anilines is 1. The van der Waals surface area contributed by atoms with Crippen LogP contribution in [0.3, 0.4) is 0 Å². The fraction of sp³-hybridized carbons (Fsp3) is 0.312. The molecule has 0 bridgehead atoms. The van der Waals surface area contributed by atoms with Crippen molar-refractivity contribution in [3.8, 4) is 11.3 Å². The van der Waals surface area contributed by atoms with Crippen molar-refractivity contribution in [1.82, 2.24) is 4.57 Å². The number of nitrogens with two attached hydrogens (primary N) is 1. The smallest absolute Gasteiger partial charge is 0.418 e. The number of carbonyl (C=O) groups excluding carboxylic acids is 1. The van der Waals surface area contributed by atoms with Crippen LogP contribution in [0.2, 0.25) is 0 Å². The van der Waals surface area contributed by atoms with Crippen molar-refractivity contribution in [2.45, 2.75) is 33.3 Å². The fourth-order valence-corrected chi connectivity index (χ4v) is 2.05. The van der Waals surface area contributed by atoms with Crippen LogP contribution >= 0.6 is 0 Å². The molecule has 0 spiro atoms. The number of ether oxygens (including phenoxy) is 1. The first-order chi connectivity index (χ1) is 9.26. The maximum Gasteiger partial charge on any atom is 0.418 e. The summed E-state index contributed by atoms with van der Waals surface area (Å²) in [7, 11) is 0. The molecule has 2 N–H and O–H groups in total. The lowest BCUT2D eigenvalue weighted by Gasteiger charge is -2.20. The van der Waals surface area contributed by atoms with Crippen molar-refractivity contribution >= 4 is 11.8 Å². The molecule has 4 nitrogen and oxygen atoms in total. The maximum atomic E-state index is 12.2. The Hall–Kier alpha value is -2.23. The zero-order valence-electron chi connectivity index (χ0n) is 12.3. The minimum absolute atomic E-state index is 0.391. The third-order valence-electron chi connectivity index (χ3n) is 2.73. The normalized spacial score (nSPS) is 11.4. The Labute approximate surface area is 119 Å². The maximum absolute atomic E-state index is 12.2. The molecular formula is C16H20N2O2. The van der Waals surface area contributed by atoms with Crippen molar-refractivity contribution in [2.24, 2.45) is 0 Å². The van der Waals surface area contributed by atoms with Crippen LogP contribution in [0.15, 0.2) is 36.5 Å². The highest BCUT2D eigenvalue weighted by Gasteiger charge is 2.19. The number of carbonyl (C=O) groups is 1. The molecule has 0 saturated carbocycles. The molecule has 1 heterocycles. The van der Waals surface area contributed by atoms with Crippen LogP contribution in [-0.2, 0) is 4.74 Å². The highest BCUT2D eigenvalue weighted by molar-refractivity contribution is 5.79. The van der Waals surface area contributed by atoms with E-state index in [2.05, 4.69) is 0 Å². The predicted molar refractivity (Wildman–Crippen MR) is 80.6 cm³/mol. The van der Waals surface area contributed by atoms with Gasteiger partial charge in [-0.05, 0) is 63.6 Å². The van der Waals surface area contributed by atoms with E-state index in [0.29, 0.717) is 5.69 Å². The molecular weight excluding hydrogens is 252 g/mol. The molecule has 0 amide bonds. The van der Waals surface area contributed by atoms with Crippen LogP contribution in [0, 0.1) is 6.92 Å². The summed E-state index contributed by atoms with van der Waals surface area (Å²) in [6.07, 6.45) is 1.31. The van der Waals surface area contributed by atoms with Crippen LogP contribution in [0.4, 0.5) is 10.5 Å². The van der Waals surface area contributed by atoms with Gasteiger partial charge in [0, 0.05) is 17.4 Å². The van der Waals surface area contributed by atoms with Crippen molar-refractivity contribution in [1.29, 1.82) is 0 Å². The Balaban J connectivity index is 2.40. The molecule has 0 aliphatic rings. The van der Waals surface area contributed by atoms with E-state index < -0.39 is 11.7 Å². The molecule has 2 rings (SSSR count). The third kappa shape index (κ3) is 3.20. The first-order valence-corrected chi connectivity index (χ1v) is 6.54. The fourth-order valence-electron chi connectivity index (χ4n) is 2.05. The van der Waals surface area contributed by atoms with Gasteiger partial charge in [-0.1, -0.05) is 0 Å². The molecule has 1 aromatic heterocycles. The summed E-state index contributed by atoms with van der Waals surface area (Å²) in [5.41, 5.74) is 8.75. The van der Waals surface area contributed by atoms with E-state index in [9.17, 15) is 4.79 Å². The lowest BCUT2D eigenvalue weighted by molar-refractivity contribution is 0.0540. The molecule has 0 aliphatic carbocycles. The quantitative estimate of drug-likeness (QED) is 0.803. The first-order valence-electron chi connectivity index (χ1n) is 6.54. The van der Waals surface area contributed by atoms with Crippen molar-refractivity contribution in [3.05, 3.63) is 42.1 Å². The topological polar surface area (TPSA) is 57.2 Å². The number of rotatable bonds is 1. The Morgan fingerprint density at radius 2 is 1.95 bits per heavy atom. The molecule has 0 saturated heterocycles. The highest BCUT2D eigenvalue weighted by atomic mass is 16.6. The Bertz CT molecular complexity index is 616. The number of nitrogen functional groups attached to an aromatic ring is 1. The molecule has 0 radical (unpaired) electrons. The molecule has 0 aliphatic heterocycles. The standard InChI is InChI=1S/C16H20N2O2/c1-11-8-12(10-13(17)9-11)14-6-5-7-18(14)15(19)20-16(2,3)4/h5-10H,17H2,1-4H3. The van der Waals surface area contributed by atoms with Gasteiger partial charge in [-0.2, -0.15) is 0 Å². The third-order valence-corrected chi connectivity index (χ3v) is 2.73. The van der Waals surface area contributed by atoms with Crippen LogP contribution < -0.4 is 5.73 Å². The van der Waals surface area contributed by atoms with E-state index in [1.54, 1.807) is 6.20 Å². The van der Waals surface area contributed by atoms with Gasteiger partial charge in [-0.25, -0.2) is 4.79 Å². The van der Waals surface area contributed by atoms with Crippen LogP contribution in [0.5, 0.6) is 0 Å². The summed E-state index contributed by atoms with van der Waals surface area (Å²) in [6.45, 7) is 7.51. The summed E-state index contributed by atoms with van der Waals surface area (Å²) in [4.78, 5) is 12.2. The molecule has 20 heavy (non-hydrogen) atoms. The minimum atomic E-state index is -0.524. The van der Waals surface area contributed by atoms with Crippen LogP contribution in [0.25, 0.3) is 11.3 Å². The number of aryl methyl sites for hydroxylation is 1. The van der Waals surface area contributed by atoms with Crippen LogP contribution in [-0.4, -0.2) is 16.3 Å². The zero-order valence-corrected chi connectivity index (χ0v) is 12.3. The van der Waals surface area contributed by atoms with Gasteiger partial charge in [-0.3, -0.25) is 4.57 Å². The van der Waals surface area contributed by atoms with Crippen LogP contribution in [0.1, 0.15) is 26.3 Å². The van der Waals surface area contributed by atoms with E-state index in [4.69, 9.17) is 10.5 Å². The molecule has 1 aromatic carbocycles. The average Bonchev–Trinajstić information content (AvgIpc) is 2.73. The van der Waals surface area contributed by atoms with Crippen molar-refractivity contribution < 1.29 is 9.53 Å². The minimum Gasteiger partial charge on any atom is -0.443 e. The lowest BCUT2D eigenvalue weighted by atomic mass is 10.1. The van der Waals surface area contributed by atoms with Crippen molar-refractivity contribution in [2.75, 3.05) is 5.73 Å². The van der Waals surface area contributed by atoms with Gasteiger partial charge in [0.25, 0.3) is 0 Å². The number of aromatic nitrogens is 1. The predicted octanol–water partition coefficient (Wildman–Crippen LogP) is 3.83. The van der Waals surface area contributed by atoms with Gasteiger partial charge < -0.3 is 10.5 Å². The van der Waals surface area contributed by atoms with Gasteiger partial charge in [0.05, 0.1) is 5.69 Å². The number of hydrogen-bond acceptors (Lipinski definition) is 3. The second-order valence-electron chi connectivity index (χ2n) is 5.88. The summed E-state index contributed by atoms with van der Waals surface area (Å²) in [5.74, 6) is 0. The Kier molecular flexibility index (Phi) is 3.57. The monoisotopic (exact) mass is 272 g/mol. The van der Waals surface area contributed by atoms with E-state index in [1.807, 2.05) is 58.0 Å². The van der Waals surface area contributed by atoms with Gasteiger partial charge >= 0.3 is 6.09 Å². The van der Waals surface area contributed by atoms with Gasteiger partial charge in [0.1, 0.15) is 5.60 Å². The van der Waals surface area contributed by atoms with E-state index in [-0.39, 0.29) is 0 Å². The SMILES string of the molecule is Cc1cc(N)cc(-c2cccn2C(=O)OC(C)(C)C)c1. The Morgan fingerprint density at radius 1 is 1.25 bits per heavy atom. The van der Waals surface area contributed by atoms with E-state index >= 15 is 0 Å². The number of nitrogens with zero attached hydrogens (tertiary/aromatic N) is 1. The molecule has 106 valence electrons. The first kappa shape index (κ1) is 14.2. The molecule has 4 heteroatoms. The van der Waals surface area contributed by atoms with Gasteiger partial charge in [-0.15, -0.1) is 0 Å². The Morgan fingerprint density at radius 3 is 2.55 bits per heavy atom. The number of hydrogen-bond donors (Lipinski definition) is 1. The second kappa shape index (κ2) is 5.04. The van der Waals surface area contributed by atoms with E-state index in [1.165, 1.54) is 4.57 Å². The zero-order chi connectivity index (χ0) is 14.9. The van der Waals surface area contributed by atoms with Gasteiger partial charge in [0.15, 0.2) is 0 Å². The summed E-state index contributed by atoms with van der Waals surface area (Å²) in [5, 5.41) is 0. The number of benzene rings is 1. The van der Waals surface area contributed by atoms with Gasteiger partial charge in [0.2, 0.25) is 0 Å². The van der Waals surface area contributed by atoms with Crippen molar-refractivity contribution in [3.63, 3.8) is 0 Å². The molecule has 0 fully saturated rings. The largest absolute Gasteiger partial charge is 0.443 e. The highest BCUT2D eigenvalue weighted by Crippen LogP contribution is 2.25. The molecule has 2 aromatic rings. The summed E-state index contributed by atoms with van der Waals surface area (Å²) in [6, 6.07) is 9.43. The molecule has 0 atom stereocenters. The van der Waals surface area contributed by atoms with E-state index in [0.717, 1.165) is 16.8 Å². The summed E-state index contributed by atoms with van der Waals surface area (Å²) < 4.78 is 6.90. The average molecular weight is 272 g/mol. The summed E-state index contributed by atoms with van der Waals surface area (Å²) >= 11 is 0. The second-order valence-corrected chi connectivity index (χ2v) is 5.88.